The molecule has 0 aliphatic heterocycles. The van der Waals surface area contributed by atoms with Gasteiger partial charge in [0.1, 0.15) is 5.92 Å². The first-order valence-corrected chi connectivity index (χ1v) is 5.64. The number of hydrogen-bond acceptors (Lipinski definition) is 2. The fraction of sp³-hybridized carbons (Fsp3) is 0.833. The minimum Gasteiger partial charge on any atom is -0.354 e. The van der Waals surface area contributed by atoms with Crippen molar-refractivity contribution in [2.45, 2.75) is 47.0 Å². The zero-order valence-corrected chi connectivity index (χ0v) is 10.3. The molecule has 1 unspecified atom stereocenters. The molecule has 86 valence electrons. The topological polar surface area (TPSA) is 52.9 Å². The first kappa shape index (κ1) is 14.0. The molecule has 0 bridgehead atoms. The number of carbonyl (C=O) groups excluding carboxylic acids is 1. The SMILES string of the molecule is CCCC(C)(C)CNC(=O)C(C#N)CC. The van der Waals surface area contributed by atoms with Crippen molar-refractivity contribution in [2.75, 3.05) is 6.54 Å². The second kappa shape index (κ2) is 6.44. The van der Waals surface area contributed by atoms with Gasteiger partial charge in [-0.1, -0.05) is 34.1 Å². The minimum absolute atomic E-state index is 0.123. The van der Waals surface area contributed by atoms with E-state index in [1.807, 2.05) is 13.0 Å². The quantitative estimate of drug-likeness (QED) is 0.732. The Balaban J connectivity index is 4.05. The van der Waals surface area contributed by atoms with Crippen LogP contribution < -0.4 is 5.32 Å². The van der Waals surface area contributed by atoms with Crippen LogP contribution in [0.4, 0.5) is 0 Å². The highest BCUT2D eigenvalue weighted by Gasteiger charge is 2.20. The fourth-order valence-electron chi connectivity index (χ4n) is 1.55. The Labute approximate surface area is 92.9 Å². The zero-order valence-electron chi connectivity index (χ0n) is 10.3. The van der Waals surface area contributed by atoms with E-state index in [1.54, 1.807) is 0 Å². The van der Waals surface area contributed by atoms with Crippen LogP contribution in [0.3, 0.4) is 0 Å². The lowest BCUT2D eigenvalue weighted by Crippen LogP contribution is -2.37. The maximum atomic E-state index is 11.5. The Morgan fingerprint density at radius 3 is 2.47 bits per heavy atom. The Morgan fingerprint density at radius 1 is 1.47 bits per heavy atom. The van der Waals surface area contributed by atoms with Gasteiger partial charge >= 0.3 is 0 Å². The van der Waals surface area contributed by atoms with Crippen molar-refractivity contribution in [3.05, 3.63) is 0 Å². The first-order valence-electron chi connectivity index (χ1n) is 5.64. The van der Waals surface area contributed by atoms with Crippen molar-refractivity contribution in [3.8, 4) is 6.07 Å². The van der Waals surface area contributed by atoms with E-state index in [-0.39, 0.29) is 11.3 Å². The maximum absolute atomic E-state index is 11.5. The Kier molecular flexibility index (Phi) is 6.00. The number of nitrogens with one attached hydrogen (secondary N) is 1. The highest BCUT2D eigenvalue weighted by Crippen LogP contribution is 2.20. The fourth-order valence-corrected chi connectivity index (χ4v) is 1.55. The predicted octanol–water partition coefficient (Wildman–Crippen LogP) is 2.48. The molecule has 1 amide bonds. The Morgan fingerprint density at radius 2 is 2.07 bits per heavy atom. The van der Waals surface area contributed by atoms with Crippen LogP contribution in [-0.2, 0) is 4.79 Å². The van der Waals surface area contributed by atoms with Crippen molar-refractivity contribution in [3.63, 3.8) is 0 Å². The van der Waals surface area contributed by atoms with Gasteiger partial charge in [-0.15, -0.1) is 0 Å². The van der Waals surface area contributed by atoms with E-state index in [2.05, 4.69) is 26.1 Å². The summed E-state index contributed by atoms with van der Waals surface area (Å²) in [7, 11) is 0. The van der Waals surface area contributed by atoms with Crippen LogP contribution in [0.2, 0.25) is 0 Å². The minimum atomic E-state index is -0.498. The molecule has 0 saturated carbocycles. The third kappa shape index (κ3) is 5.41. The molecule has 1 N–H and O–H groups in total. The standard InChI is InChI=1S/C12H22N2O/c1-5-7-12(3,4)9-14-11(15)10(6-2)8-13/h10H,5-7,9H2,1-4H3,(H,14,15). The summed E-state index contributed by atoms with van der Waals surface area (Å²) in [5, 5.41) is 11.6. The molecule has 0 aromatic rings. The molecule has 1 atom stereocenters. The highest BCUT2D eigenvalue weighted by molar-refractivity contribution is 5.80. The molecule has 0 aliphatic rings. The molecule has 0 aromatic heterocycles. The number of nitriles is 1. The zero-order chi connectivity index (χ0) is 11.9. The monoisotopic (exact) mass is 210 g/mol. The van der Waals surface area contributed by atoms with Crippen LogP contribution in [0.15, 0.2) is 0 Å². The first-order chi connectivity index (χ1) is 6.96. The van der Waals surface area contributed by atoms with E-state index in [0.29, 0.717) is 13.0 Å². The summed E-state index contributed by atoms with van der Waals surface area (Å²) >= 11 is 0. The number of rotatable bonds is 6. The summed E-state index contributed by atoms with van der Waals surface area (Å²) in [6.45, 7) is 8.89. The smallest absolute Gasteiger partial charge is 0.237 e. The molecule has 0 radical (unpaired) electrons. The van der Waals surface area contributed by atoms with Crippen LogP contribution in [0.5, 0.6) is 0 Å². The second-order valence-electron chi connectivity index (χ2n) is 4.72. The second-order valence-corrected chi connectivity index (χ2v) is 4.72. The van der Waals surface area contributed by atoms with Gasteiger partial charge in [-0.05, 0) is 18.3 Å². The van der Waals surface area contributed by atoms with Crippen LogP contribution in [-0.4, -0.2) is 12.5 Å². The summed E-state index contributed by atoms with van der Waals surface area (Å²) in [6, 6.07) is 2.01. The summed E-state index contributed by atoms with van der Waals surface area (Å²) in [5.74, 6) is -0.633. The number of hydrogen-bond donors (Lipinski definition) is 1. The van der Waals surface area contributed by atoms with Gasteiger partial charge in [0.25, 0.3) is 0 Å². The van der Waals surface area contributed by atoms with Gasteiger partial charge in [-0.25, -0.2) is 0 Å². The van der Waals surface area contributed by atoms with E-state index in [9.17, 15) is 4.79 Å². The van der Waals surface area contributed by atoms with Gasteiger partial charge in [0, 0.05) is 6.54 Å². The van der Waals surface area contributed by atoms with Crippen LogP contribution in [0.1, 0.15) is 47.0 Å². The molecule has 15 heavy (non-hydrogen) atoms. The van der Waals surface area contributed by atoms with Crippen molar-refractivity contribution >= 4 is 5.91 Å². The lowest BCUT2D eigenvalue weighted by molar-refractivity contribution is -0.123. The summed E-state index contributed by atoms with van der Waals surface area (Å²) in [4.78, 5) is 11.5. The average Bonchev–Trinajstić information content (AvgIpc) is 2.17. The van der Waals surface area contributed by atoms with E-state index < -0.39 is 5.92 Å². The third-order valence-corrected chi connectivity index (χ3v) is 2.55. The van der Waals surface area contributed by atoms with E-state index in [1.165, 1.54) is 0 Å². The molecular formula is C12H22N2O. The molecule has 3 heteroatoms. The molecule has 0 aliphatic carbocycles. The van der Waals surface area contributed by atoms with Gasteiger partial charge in [0.15, 0.2) is 0 Å². The Bertz CT molecular complexity index is 240. The van der Waals surface area contributed by atoms with E-state index in [4.69, 9.17) is 5.26 Å². The predicted molar refractivity (Wildman–Crippen MR) is 61.1 cm³/mol. The number of amides is 1. The van der Waals surface area contributed by atoms with Gasteiger partial charge in [0.05, 0.1) is 6.07 Å². The maximum Gasteiger partial charge on any atom is 0.237 e. The molecule has 3 nitrogen and oxygen atoms in total. The van der Waals surface area contributed by atoms with Gasteiger partial charge < -0.3 is 5.32 Å². The summed E-state index contributed by atoms with van der Waals surface area (Å²) in [5.41, 5.74) is 0.123. The molecule has 0 spiro atoms. The largest absolute Gasteiger partial charge is 0.354 e. The lowest BCUT2D eigenvalue weighted by Gasteiger charge is -2.24. The van der Waals surface area contributed by atoms with Gasteiger partial charge in [0.2, 0.25) is 5.91 Å². The van der Waals surface area contributed by atoms with Crippen molar-refractivity contribution in [1.29, 1.82) is 5.26 Å². The lowest BCUT2D eigenvalue weighted by atomic mass is 9.88. The average molecular weight is 210 g/mol. The van der Waals surface area contributed by atoms with Crippen molar-refractivity contribution < 1.29 is 4.79 Å². The molecular weight excluding hydrogens is 188 g/mol. The molecule has 0 heterocycles. The normalized spacial score (nSPS) is 13.0. The molecule has 0 saturated heterocycles. The van der Waals surface area contributed by atoms with Crippen LogP contribution in [0.25, 0.3) is 0 Å². The third-order valence-electron chi connectivity index (χ3n) is 2.55. The van der Waals surface area contributed by atoms with Crippen molar-refractivity contribution in [1.82, 2.24) is 5.32 Å². The molecule has 0 aromatic carbocycles. The molecule has 0 fully saturated rings. The molecule has 0 rings (SSSR count). The van der Waals surface area contributed by atoms with Crippen LogP contribution in [0, 0.1) is 22.7 Å². The van der Waals surface area contributed by atoms with E-state index >= 15 is 0 Å². The van der Waals surface area contributed by atoms with Gasteiger partial charge in [-0.3, -0.25) is 4.79 Å². The summed E-state index contributed by atoms with van der Waals surface area (Å²) in [6.07, 6.45) is 2.77. The van der Waals surface area contributed by atoms with Crippen molar-refractivity contribution in [2.24, 2.45) is 11.3 Å². The van der Waals surface area contributed by atoms with Gasteiger partial charge in [-0.2, -0.15) is 5.26 Å². The number of nitrogens with zero attached hydrogens (tertiary/aromatic N) is 1. The summed E-state index contributed by atoms with van der Waals surface area (Å²) < 4.78 is 0. The highest BCUT2D eigenvalue weighted by atomic mass is 16.1. The van der Waals surface area contributed by atoms with Crippen LogP contribution >= 0.6 is 0 Å². The number of carbonyl (C=O) groups is 1. The van der Waals surface area contributed by atoms with E-state index in [0.717, 1.165) is 12.8 Å². The Hall–Kier alpha value is -1.04.